The molecule has 0 heterocycles. The summed E-state index contributed by atoms with van der Waals surface area (Å²) in [5.41, 5.74) is 4.39. The minimum Gasteiger partial charge on any atom is -0.295 e. The van der Waals surface area contributed by atoms with Gasteiger partial charge in [-0.3, -0.25) is 9.59 Å². The molecule has 2 nitrogen and oxygen atoms in total. The van der Waals surface area contributed by atoms with Crippen molar-refractivity contribution in [3.05, 3.63) is 46.6 Å². The molecule has 0 aromatic rings. The Bertz CT molecular complexity index is 514. The van der Waals surface area contributed by atoms with Crippen molar-refractivity contribution in [1.82, 2.24) is 0 Å². The van der Waals surface area contributed by atoms with E-state index in [0.717, 1.165) is 36.8 Å². The lowest BCUT2D eigenvalue weighted by atomic mass is 9.92. The zero-order chi connectivity index (χ0) is 15.1. The number of carbonyl (C=O) groups is 2. The molecule has 0 radical (unpaired) electrons. The predicted molar refractivity (Wildman–Crippen MR) is 83.5 cm³/mol. The number of ketones is 2. The molecular formula is C18H24O2. The molecule has 0 saturated carbocycles. The maximum atomic E-state index is 11.2. The van der Waals surface area contributed by atoms with E-state index in [1.807, 2.05) is 25.2 Å². The molecule has 1 aliphatic carbocycles. The summed E-state index contributed by atoms with van der Waals surface area (Å²) in [4.78, 5) is 22.3. The summed E-state index contributed by atoms with van der Waals surface area (Å²) in [6.07, 6.45) is 11.8. The fraction of sp³-hybridized carbons (Fsp3) is 0.444. The van der Waals surface area contributed by atoms with Crippen LogP contribution in [0.15, 0.2) is 46.6 Å². The zero-order valence-corrected chi connectivity index (χ0v) is 13.0. The van der Waals surface area contributed by atoms with Gasteiger partial charge in [0.25, 0.3) is 0 Å². The van der Waals surface area contributed by atoms with Crippen LogP contribution in [0, 0.1) is 0 Å². The van der Waals surface area contributed by atoms with Crippen molar-refractivity contribution in [2.24, 2.45) is 0 Å². The van der Waals surface area contributed by atoms with Crippen LogP contribution in [-0.4, -0.2) is 11.6 Å². The van der Waals surface area contributed by atoms with Crippen LogP contribution in [0.4, 0.5) is 0 Å². The first-order valence-corrected chi connectivity index (χ1v) is 7.14. The van der Waals surface area contributed by atoms with Crippen LogP contribution in [0.2, 0.25) is 0 Å². The van der Waals surface area contributed by atoms with Crippen LogP contribution in [0.3, 0.4) is 0 Å². The van der Waals surface area contributed by atoms with Gasteiger partial charge in [0, 0.05) is 0 Å². The van der Waals surface area contributed by atoms with Gasteiger partial charge in [0.05, 0.1) is 0 Å². The Morgan fingerprint density at radius 3 is 2.25 bits per heavy atom. The van der Waals surface area contributed by atoms with Crippen LogP contribution in [-0.2, 0) is 9.59 Å². The van der Waals surface area contributed by atoms with Crippen molar-refractivity contribution in [2.45, 2.75) is 53.4 Å². The average Bonchev–Trinajstić information content (AvgIpc) is 2.42. The van der Waals surface area contributed by atoms with E-state index in [-0.39, 0.29) is 11.6 Å². The first kappa shape index (κ1) is 16.4. The fourth-order valence-corrected chi connectivity index (χ4v) is 2.01. The maximum Gasteiger partial charge on any atom is 0.155 e. The molecule has 0 aromatic heterocycles. The monoisotopic (exact) mass is 272 g/mol. The molecular weight excluding hydrogens is 248 g/mol. The first-order valence-electron chi connectivity index (χ1n) is 7.14. The van der Waals surface area contributed by atoms with E-state index in [9.17, 15) is 9.59 Å². The van der Waals surface area contributed by atoms with Crippen LogP contribution in [0.25, 0.3) is 0 Å². The molecule has 2 heteroatoms. The average molecular weight is 272 g/mol. The van der Waals surface area contributed by atoms with Gasteiger partial charge in [0.2, 0.25) is 0 Å². The van der Waals surface area contributed by atoms with Crippen LogP contribution >= 0.6 is 0 Å². The lowest BCUT2D eigenvalue weighted by Gasteiger charge is -2.13. The molecule has 1 aliphatic rings. The van der Waals surface area contributed by atoms with Crippen molar-refractivity contribution < 1.29 is 9.59 Å². The van der Waals surface area contributed by atoms with Crippen molar-refractivity contribution in [3.63, 3.8) is 0 Å². The van der Waals surface area contributed by atoms with Gasteiger partial charge in [-0.1, -0.05) is 35.5 Å². The van der Waals surface area contributed by atoms with Crippen LogP contribution in [0.5, 0.6) is 0 Å². The minimum absolute atomic E-state index is 0.117. The topological polar surface area (TPSA) is 34.1 Å². The van der Waals surface area contributed by atoms with E-state index in [4.69, 9.17) is 0 Å². The van der Waals surface area contributed by atoms with E-state index in [1.165, 1.54) is 11.1 Å². The van der Waals surface area contributed by atoms with E-state index in [2.05, 4.69) is 13.0 Å². The molecule has 20 heavy (non-hydrogen) atoms. The molecule has 0 N–H and O–H groups in total. The van der Waals surface area contributed by atoms with Gasteiger partial charge < -0.3 is 0 Å². The second-order valence-electron chi connectivity index (χ2n) is 5.49. The quantitative estimate of drug-likeness (QED) is 0.527. The summed E-state index contributed by atoms with van der Waals surface area (Å²) in [7, 11) is 0. The van der Waals surface area contributed by atoms with E-state index in [1.54, 1.807) is 13.8 Å². The summed E-state index contributed by atoms with van der Waals surface area (Å²) in [5, 5.41) is 0. The van der Waals surface area contributed by atoms with Crippen molar-refractivity contribution >= 4 is 11.6 Å². The molecule has 1 rings (SSSR count). The summed E-state index contributed by atoms with van der Waals surface area (Å²) in [6, 6.07) is 0. The van der Waals surface area contributed by atoms with Crippen molar-refractivity contribution in [2.75, 3.05) is 0 Å². The Morgan fingerprint density at radius 2 is 1.75 bits per heavy atom. The highest BCUT2D eigenvalue weighted by molar-refractivity contribution is 5.93. The standard InChI is InChI=1S/C18H24O2/c1-13(5-7-14(2)15(3)19)6-8-17-9-11-18(12-10-17)16(4)20/h5,7,9,11H,6,8,10,12H2,1-4H3/b13-5+,14-7+. The molecule has 0 amide bonds. The molecule has 0 aliphatic heterocycles. The summed E-state index contributed by atoms with van der Waals surface area (Å²) >= 11 is 0. The molecule has 0 saturated heterocycles. The lowest BCUT2D eigenvalue weighted by Crippen LogP contribution is -2.01. The molecule has 0 unspecified atom stereocenters. The number of hydrogen-bond donors (Lipinski definition) is 0. The largest absolute Gasteiger partial charge is 0.295 e. The first-order chi connectivity index (χ1) is 9.40. The number of allylic oxidation sites excluding steroid dienone is 8. The number of Topliss-reactive ketones (excluding diaryl/α,β-unsaturated/α-hetero) is 2. The third-order valence-electron chi connectivity index (χ3n) is 3.70. The van der Waals surface area contributed by atoms with Gasteiger partial charge in [-0.15, -0.1) is 0 Å². The number of rotatable bonds is 6. The maximum absolute atomic E-state index is 11.2. The molecule has 0 spiro atoms. The Hall–Kier alpha value is -1.70. The van der Waals surface area contributed by atoms with Gasteiger partial charge in [-0.05, 0) is 64.5 Å². The highest BCUT2D eigenvalue weighted by Gasteiger charge is 2.09. The highest BCUT2D eigenvalue weighted by atomic mass is 16.1. The van der Waals surface area contributed by atoms with Gasteiger partial charge in [0.15, 0.2) is 11.6 Å². The van der Waals surface area contributed by atoms with Gasteiger partial charge in [0.1, 0.15) is 0 Å². The smallest absolute Gasteiger partial charge is 0.155 e. The van der Waals surface area contributed by atoms with Crippen molar-refractivity contribution in [1.29, 1.82) is 0 Å². The third kappa shape index (κ3) is 5.52. The number of carbonyl (C=O) groups excluding carboxylic acids is 2. The Morgan fingerprint density at radius 1 is 1.05 bits per heavy atom. The normalized spacial score (nSPS) is 16.6. The molecule has 0 fully saturated rings. The lowest BCUT2D eigenvalue weighted by molar-refractivity contribution is -0.114. The zero-order valence-electron chi connectivity index (χ0n) is 13.0. The molecule has 0 atom stereocenters. The second kappa shape index (κ2) is 7.78. The van der Waals surface area contributed by atoms with Crippen molar-refractivity contribution in [3.8, 4) is 0 Å². The third-order valence-corrected chi connectivity index (χ3v) is 3.70. The van der Waals surface area contributed by atoms with E-state index in [0.29, 0.717) is 0 Å². The Labute approximate surface area is 122 Å². The predicted octanol–water partition coefficient (Wildman–Crippen LogP) is 4.48. The van der Waals surface area contributed by atoms with Crippen LogP contribution < -0.4 is 0 Å². The van der Waals surface area contributed by atoms with Gasteiger partial charge in [-0.25, -0.2) is 0 Å². The van der Waals surface area contributed by atoms with Gasteiger partial charge in [-0.2, -0.15) is 0 Å². The van der Waals surface area contributed by atoms with Gasteiger partial charge >= 0.3 is 0 Å². The second-order valence-corrected chi connectivity index (χ2v) is 5.49. The van der Waals surface area contributed by atoms with E-state index >= 15 is 0 Å². The highest BCUT2D eigenvalue weighted by Crippen LogP contribution is 2.23. The summed E-state index contributed by atoms with van der Waals surface area (Å²) in [6.45, 7) is 7.13. The summed E-state index contributed by atoms with van der Waals surface area (Å²) in [5.74, 6) is 0.298. The Balaban J connectivity index is 2.52. The SMILES string of the molecule is CC(=O)C1=CC=C(CC/C(C)=C/C=C(\C)C(C)=O)CC1. The van der Waals surface area contributed by atoms with E-state index < -0.39 is 0 Å². The minimum atomic E-state index is 0.117. The molecule has 0 aromatic carbocycles. The summed E-state index contributed by atoms with van der Waals surface area (Å²) < 4.78 is 0. The molecule has 0 bridgehead atoms. The fourth-order valence-electron chi connectivity index (χ4n) is 2.01. The number of hydrogen-bond acceptors (Lipinski definition) is 2. The van der Waals surface area contributed by atoms with Crippen LogP contribution in [0.1, 0.15) is 53.4 Å². The Kier molecular flexibility index (Phi) is 6.37. The molecule has 108 valence electrons.